The van der Waals surface area contributed by atoms with E-state index in [4.69, 9.17) is 37.1 Å². The van der Waals surface area contributed by atoms with E-state index in [0.29, 0.717) is 33.7 Å². The van der Waals surface area contributed by atoms with Gasteiger partial charge in [-0.1, -0.05) is 29.6 Å². The molecule has 5 nitrogen and oxygen atoms in total. The minimum absolute atomic E-state index is 0.0256. The predicted molar refractivity (Wildman–Crippen MR) is 126 cm³/mol. The van der Waals surface area contributed by atoms with Crippen molar-refractivity contribution in [3.05, 3.63) is 79.8 Å². The maximum atomic E-state index is 11.7. The van der Waals surface area contributed by atoms with E-state index in [2.05, 4.69) is 4.90 Å². The van der Waals surface area contributed by atoms with Crippen LogP contribution < -0.4 is 15.1 Å². The van der Waals surface area contributed by atoms with E-state index in [1.807, 2.05) is 31.2 Å². The van der Waals surface area contributed by atoms with Crippen LogP contribution in [0.25, 0.3) is 11.0 Å². The minimum Gasteiger partial charge on any atom is -0.489 e. The number of fused-ring (bicyclic) bond motifs is 2. The van der Waals surface area contributed by atoms with Crippen molar-refractivity contribution >= 4 is 34.2 Å². The molecular weight excluding hydrogens is 449 g/mol. The topological polar surface area (TPSA) is 51.9 Å². The molecule has 0 saturated carbocycles. The Morgan fingerprint density at radius 3 is 2.75 bits per heavy atom. The number of halogens is 2. The van der Waals surface area contributed by atoms with Crippen molar-refractivity contribution in [1.29, 1.82) is 0 Å². The van der Waals surface area contributed by atoms with Gasteiger partial charge in [-0.2, -0.15) is 0 Å². The normalized spacial score (nSPS) is 19.8. The fraction of sp³-hybridized carbons (Fsp3) is 0.320. The summed E-state index contributed by atoms with van der Waals surface area (Å²) in [5.74, 6) is 2.09. The van der Waals surface area contributed by atoms with Gasteiger partial charge in [-0.25, -0.2) is 4.79 Å². The number of ether oxygens (including phenoxy) is 2. The lowest BCUT2D eigenvalue weighted by Gasteiger charge is -2.32. The second-order valence-electron chi connectivity index (χ2n) is 8.23. The minimum atomic E-state index is -0.369. The monoisotopic (exact) mass is 471 g/mol. The second-order valence-corrected chi connectivity index (χ2v) is 9.07. The van der Waals surface area contributed by atoms with E-state index in [1.54, 1.807) is 12.1 Å². The Balaban J connectivity index is 1.40. The van der Waals surface area contributed by atoms with E-state index in [1.165, 1.54) is 12.5 Å². The molecule has 166 valence electrons. The van der Waals surface area contributed by atoms with Gasteiger partial charge < -0.3 is 13.9 Å². The van der Waals surface area contributed by atoms with Crippen molar-refractivity contribution in [3.8, 4) is 11.5 Å². The van der Waals surface area contributed by atoms with Gasteiger partial charge in [0.1, 0.15) is 23.7 Å². The lowest BCUT2D eigenvalue weighted by atomic mass is 10.0. The molecule has 0 spiro atoms. The summed E-state index contributed by atoms with van der Waals surface area (Å²) >= 11 is 12.7. The van der Waals surface area contributed by atoms with Gasteiger partial charge in [0.2, 0.25) is 0 Å². The molecule has 3 aromatic rings. The summed E-state index contributed by atoms with van der Waals surface area (Å²) in [7, 11) is 0. The van der Waals surface area contributed by atoms with E-state index in [0.717, 1.165) is 48.2 Å². The van der Waals surface area contributed by atoms with E-state index < -0.39 is 0 Å². The van der Waals surface area contributed by atoms with Crippen molar-refractivity contribution < 1.29 is 13.9 Å². The Hall–Kier alpha value is -2.47. The van der Waals surface area contributed by atoms with Gasteiger partial charge in [0, 0.05) is 28.1 Å². The summed E-state index contributed by atoms with van der Waals surface area (Å²) in [6.45, 7) is 4.19. The highest BCUT2D eigenvalue weighted by Gasteiger charge is 2.36. The summed E-state index contributed by atoms with van der Waals surface area (Å²) in [5, 5.41) is 2.00. The number of hydrogen-bond acceptors (Lipinski definition) is 5. The molecule has 0 unspecified atom stereocenters. The van der Waals surface area contributed by atoms with Crippen LogP contribution in [0.1, 0.15) is 36.4 Å². The molecule has 32 heavy (non-hydrogen) atoms. The molecule has 3 heterocycles. The highest BCUT2D eigenvalue weighted by atomic mass is 35.5. The first-order chi connectivity index (χ1) is 15.5. The zero-order valence-corrected chi connectivity index (χ0v) is 19.2. The first-order valence-corrected chi connectivity index (χ1v) is 11.5. The van der Waals surface area contributed by atoms with Gasteiger partial charge in [-0.3, -0.25) is 4.90 Å². The van der Waals surface area contributed by atoms with Crippen LogP contribution in [0.3, 0.4) is 0 Å². The molecule has 1 fully saturated rings. The summed E-state index contributed by atoms with van der Waals surface area (Å²) < 4.78 is 17.5. The highest BCUT2D eigenvalue weighted by molar-refractivity contribution is 6.35. The Bertz CT molecular complexity index is 1260. The second kappa shape index (κ2) is 8.81. The van der Waals surface area contributed by atoms with Crippen molar-refractivity contribution in [3.63, 3.8) is 0 Å². The number of nitrogens with zero attached hydrogens (tertiary/aromatic N) is 1. The van der Waals surface area contributed by atoms with Crippen LogP contribution in [0.15, 0.2) is 57.4 Å². The average molecular weight is 472 g/mol. The summed E-state index contributed by atoms with van der Waals surface area (Å²) in [4.78, 5) is 14.1. The zero-order chi connectivity index (χ0) is 22.2. The molecule has 1 aromatic heterocycles. The van der Waals surface area contributed by atoms with Gasteiger partial charge in [0.15, 0.2) is 5.75 Å². The first kappa shape index (κ1) is 21.4. The molecule has 0 N–H and O–H groups in total. The van der Waals surface area contributed by atoms with Crippen molar-refractivity contribution in [2.24, 2.45) is 0 Å². The largest absolute Gasteiger partial charge is 0.489 e. The zero-order valence-electron chi connectivity index (χ0n) is 17.7. The maximum absolute atomic E-state index is 11.7. The molecule has 1 atom stereocenters. The SMILES string of the molecule is Cc1cc(=O)oc2cc(OC/C=C3\Oc4c(Cl)cc(Cl)cc4[C@H]3N3CCCCC3)ccc12. The quantitative estimate of drug-likeness (QED) is 0.418. The van der Waals surface area contributed by atoms with Gasteiger partial charge in [-0.05, 0) is 68.8 Å². The number of likely N-dealkylation sites (tertiary alicyclic amines) is 1. The van der Waals surface area contributed by atoms with Crippen molar-refractivity contribution in [2.45, 2.75) is 32.2 Å². The maximum Gasteiger partial charge on any atom is 0.336 e. The summed E-state index contributed by atoms with van der Waals surface area (Å²) in [5.41, 5.74) is 2.02. The third-order valence-corrected chi connectivity index (χ3v) is 6.53. The smallest absolute Gasteiger partial charge is 0.336 e. The number of rotatable bonds is 4. The van der Waals surface area contributed by atoms with Crippen LogP contribution in [-0.2, 0) is 0 Å². The summed E-state index contributed by atoms with van der Waals surface area (Å²) in [6, 6.07) is 10.6. The molecule has 2 aliphatic heterocycles. The van der Waals surface area contributed by atoms with E-state index >= 15 is 0 Å². The fourth-order valence-electron chi connectivity index (χ4n) is 4.54. The lowest BCUT2D eigenvalue weighted by molar-refractivity contribution is 0.170. The van der Waals surface area contributed by atoms with Gasteiger partial charge in [-0.15, -0.1) is 0 Å². The predicted octanol–water partition coefficient (Wildman–Crippen LogP) is 6.29. The van der Waals surface area contributed by atoms with Gasteiger partial charge >= 0.3 is 5.63 Å². The molecular formula is C25H23Cl2NO4. The van der Waals surface area contributed by atoms with Crippen LogP contribution in [0.5, 0.6) is 11.5 Å². The summed E-state index contributed by atoms with van der Waals surface area (Å²) in [6.07, 6.45) is 5.50. The molecule has 0 radical (unpaired) electrons. The number of benzene rings is 2. The third kappa shape index (κ3) is 4.13. The molecule has 1 saturated heterocycles. The Morgan fingerprint density at radius 1 is 1.12 bits per heavy atom. The van der Waals surface area contributed by atoms with Gasteiger partial charge in [0.05, 0.1) is 11.1 Å². The first-order valence-electron chi connectivity index (χ1n) is 10.8. The van der Waals surface area contributed by atoms with Crippen LogP contribution in [0.2, 0.25) is 10.0 Å². The highest BCUT2D eigenvalue weighted by Crippen LogP contribution is 2.48. The third-order valence-electron chi connectivity index (χ3n) is 6.03. The fourth-order valence-corrected chi connectivity index (χ4v) is 5.09. The standard InChI is InChI=1S/C25H23Cl2NO4/c1-15-11-23(29)31-22-14-17(5-6-18(15)22)30-10-7-21-24(28-8-3-2-4-9-28)19-12-16(26)13-20(27)25(19)32-21/h5-7,11-14,24H,2-4,8-10H2,1H3/b21-7-/t24-/m1/s1. The van der Waals surface area contributed by atoms with E-state index in [9.17, 15) is 4.79 Å². The van der Waals surface area contributed by atoms with Crippen LogP contribution in [0, 0.1) is 6.92 Å². The van der Waals surface area contributed by atoms with Crippen molar-refractivity contribution in [2.75, 3.05) is 19.7 Å². The molecule has 7 heteroatoms. The van der Waals surface area contributed by atoms with Crippen LogP contribution >= 0.6 is 23.2 Å². The Kier molecular flexibility index (Phi) is 5.89. The molecule has 0 amide bonds. The number of hydrogen-bond donors (Lipinski definition) is 0. The van der Waals surface area contributed by atoms with Crippen LogP contribution in [-0.4, -0.2) is 24.6 Å². The Morgan fingerprint density at radius 2 is 1.94 bits per heavy atom. The Labute approximate surface area is 196 Å². The molecule has 2 aliphatic rings. The molecule has 0 bridgehead atoms. The van der Waals surface area contributed by atoms with Crippen molar-refractivity contribution in [1.82, 2.24) is 4.90 Å². The molecule has 5 rings (SSSR count). The lowest BCUT2D eigenvalue weighted by Crippen LogP contribution is -2.34. The molecule has 0 aliphatic carbocycles. The average Bonchev–Trinajstić information content (AvgIpc) is 3.12. The molecule has 2 aromatic carbocycles. The van der Waals surface area contributed by atoms with E-state index in [-0.39, 0.29) is 11.7 Å². The number of piperidine rings is 1. The van der Waals surface area contributed by atoms with Crippen LogP contribution in [0.4, 0.5) is 0 Å². The number of aryl methyl sites for hydroxylation is 1. The van der Waals surface area contributed by atoms with Gasteiger partial charge in [0.25, 0.3) is 0 Å².